The van der Waals surface area contributed by atoms with Gasteiger partial charge < -0.3 is 10.2 Å². The Balaban J connectivity index is 1.60. The zero-order chi connectivity index (χ0) is 21.9. The van der Waals surface area contributed by atoms with Gasteiger partial charge >= 0.3 is 6.18 Å². The van der Waals surface area contributed by atoms with Crippen LogP contribution in [0.4, 0.5) is 24.5 Å². The van der Waals surface area contributed by atoms with E-state index in [1.165, 1.54) is 10.6 Å². The molecule has 3 aromatic rings. The number of halogens is 3. The first-order valence-electron chi connectivity index (χ1n) is 9.35. The summed E-state index contributed by atoms with van der Waals surface area (Å²) in [5, 5.41) is 2.77. The first kappa shape index (κ1) is 19.6. The fraction of sp³-hybridized carbons (Fsp3) is 0.190. The summed E-state index contributed by atoms with van der Waals surface area (Å²) in [5.41, 5.74) is 1.72. The number of carbonyl (C=O) groups is 1. The van der Waals surface area contributed by atoms with Crippen molar-refractivity contribution >= 4 is 34.2 Å². The lowest BCUT2D eigenvalue weighted by molar-refractivity contribution is -0.137. The maximum absolute atomic E-state index is 13.1. The standard InChI is InChI=1S/C21H15F3N4O2S/c1-11-5-6-15-14(7-11)16(18(29)26-15)17-19(30)28-10-27(9-25-20(28)31-17)13-4-2-3-12(8-13)21(22,23)24/h2-8H,9-10H2,1H3,(H,26,29)/b17-16-. The predicted molar refractivity (Wildman–Crippen MR) is 110 cm³/mol. The Morgan fingerprint density at radius 2 is 1.94 bits per heavy atom. The van der Waals surface area contributed by atoms with E-state index in [0.29, 0.717) is 27.3 Å². The molecule has 0 atom stereocenters. The van der Waals surface area contributed by atoms with Crippen LogP contribution >= 0.6 is 11.3 Å². The van der Waals surface area contributed by atoms with Gasteiger partial charge in [-0.25, -0.2) is 4.99 Å². The zero-order valence-corrected chi connectivity index (χ0v) is 17.0. The fourth-order valence-electron chi connectivity index (χ4n) is 3.71. The van der Waals surface area contributed by atoms with Crippen molar-refractivity contribution in [3.63, 3.8) is 0 Å². The van der Waals surface area contributed by atoms with Crippen LogP contribution in [0.15, 0.2) is 52.3 Å². The predicted octanol–water partition coefficient (Wildman–Crippen LogP) is 2.44. The quantitative estimate of drug-likeness (QED) is 0.627. The molecule has 0 bridgehead atoms. The largest absolute Gasteiger partial charge is 0.416 e. The number of aromatic nitrogens is 1. The molecule has 1 aromatic heterocycles. The maximum atomic E-state index is 13.1. The van der Waals surface area contributed by atoms with E-state index >= 15 is 0 Å². The number of aryl methyl sites for hydroxylation is 1. The molecule has 3 heterocycles. The summed E-state index contributed by atoms with van der Waals surface area (Å²) in [4.78, 5) is 32.1. The minimum atomic E-state index is -4.46. The Bertz CT molecular complexity index is 1420. The van der Waals surface area contributed by atoms with Gasteiger partial charge in [0, 0.05) is 16.9 Å². The van der Waals surface area contributed by atoms with Gasteiger partial charge in [-0.15, -0.1) is 0 Å². The average molecular weight is 444 g/mol. The van der Waals surface area contributed by atoms with Gasteiger partial charge in [0.25, 0.3) is 11.5 Å². The summed E-state index contributed by atoms with van der Waals surface area (Å²) in [7, 11) is 0. The molecular formula is C21H15F3N4O2S. The number of anilines is 2. The number of nitrogens with one attached hydrogen (secondary N) is 1. The van der Waals surface area contributed by atoms with Crippen molar-refractivity contribution in [2.45, 2.75) is 19.8 Å². The maximum Gasteiger partial charge on any atom is 0.416 e. The number of hydrogen-bond donors (Lipinski definition) is 1. The molecule has 0 saturated heterocycles. The number of fused-ring (bicyclic) bond motifs is 2. The smallest absolute Gasteiger partial charge is 0.334 e. The number of rotatable bonds is 1. The van der Waals surface area contributed by atoms with Gasteiger partial charge in [0.2, 0.25) is 0 Å². The van der Waals surface area contributed by atoms with Crippen LogP contribution in [0.25, 0.3) is 5.57 Å². The second kappa shape index (κ2) is 6.81. The number of thiazole rings is 1. The van der Waals surface area contributed by atoms with Gasteiger partial charge in [0.05, 0.1) is 11.1 Å². The molecule has 2 aliphatic heterocycles. The third-order valence-corrected chi connectivity index (χ3v) is 6.35. The van der Waals surface area contributed by atoms with Crippen LogP contribution in [0.5, 0.6) is 0 Å². The monoisotopic (exact) mass is 444 g/mol. The van der Waals surface area contributed by atoms with E-state index < -0.39 is 11.7 Å². The first-order chi connectivity index (χ1) is 14.7. The molecule has 0 unspecified atom stereocenters. The average Bonchev–Trinajstić information content (AvgIpc) is 3.22. The van der Waals surface area contributed by atoms with Crippen molar-refractivity contribution in [3.05, 3.63) is 78.8 Å². The van der Waals surface area contributed by atoms with Crippen molar-refractivity contribution in [2.24, 2.45) is 4.99 Å². The van der Waals surface area contributed by atoms with Crippen LogP contribution in [-0.4, -0.2) is 17.1 Å². The van der Waals surface area contributed by atoms with Crippen LogP contribution in [0.1, 0.15) is 16.7 Å². The van der Waals surface area contributed by atoms with E-state index in [-0.39, 0.29) is 29.3 Å². The van der Waals surface area contributed by atoms with Gasteiger partial charge in [-0.1, -0.05) is 29.0 Å². The van der Waals surface area contributed by atoms with E-state index in [0.717, 1.165) is 29.0 Å². The van der Waals surface area contributed by atoms with Crippen LogP contribution in [0, 0.1) is 6.92 Å². The molecule has 0 spiro atoms. The first-order valence-corrected chi connectivity index (χ1v) is 10.2. The normalized spacial score (nSPS) is 17.2. The fourth-order valence-corrected chi connectivity index (χ4v) is 4.77. The molecule has 0 radical (unpaired) electrons. The molecule has 0 fully saturated rings. The molecule has 0 saturated carbocycles. The number of nitrogens with zero attached hydrogens (tertiary/aromatic N) is 3. The van der Waals surface area contributed by atoms with E-state index in [1.807, 2.05) is 19.1 Å². The Kier molecular flexibility index (Phi) is 4.30. The van der Waals surface area contributed by atoms with Gasteiger partial charge in [-0.2, -0.15) is 13.2 Å². The Hall–Kier alpha value is -3.40. The number of carbonyl (C=O) groups excluding carboxylic acids is 1. The highest BCUT2D eigenvalue weighted by Crippen LogP contribution is 2.32. The Morgan fingerprint density at radius 3 is 2.71 bits per heavy atom. The van der Waals surface area contributed by atoms with Crippen molar-refractivity contribution in [3.8, 4) is 0 Å². The van der Waals surface area contributed by atoms with Crippen LogP contribution in [0.3, 0.4) is 0 Å². The van der Waals surface area contributed by atoms with E-state index in [2.05, 4.69) is 10.3 Å². The highest BCUT2D eigenvalue weighted by molar-refractivity contribution is 7.07. The van der Waals surface area contributed by atoms with Gasteiger partial charge in [0.1, 0.15) is 17.9 Å². The summed E-state index contributed by atoms with van der Waals surface area (Å²) in [6.07, 6.45) is -4.46. The SMILES string of the molecule is Cc1ccc2c(c1)/C(=c1/sc3n(c1=O)CN(c1cccc(C(F)(F)F)c1)CN=3)C(=O)N2. The van der Waals surface area contributed by atoms with Crippen LogP contribution in [0.2, 0.25) is 0 Å². The Morgan fingerprint density at radius 1 is 1.13 bits per heavy atom. The summed E-state index contributed by atoms with van der Waals surface area (Å²) in [6, 6.07) is 10.4. The van der Waals surface area contributed by atoms with Crippen LogP contribution in [-0.2, 0) is 17.6 Å². The van der Waals surface area contributed by atoms with E-state index in [1.54, 1.807) is 17.0 Å². The summed E-state index contributed by atoms with van der Waals surface area (Å²) in [5.74, 6) is -0.355. The topological polar surface area (TPSA) is 66.7 Å². The van der Waals surface area contributed by atoms with E-state index in [4.69, 9.17) is 0 Å². The van der Waals surface area contributed by atoms with Crippen molar-refractivity contribution in [2.75, 3.05) is 16.9 Å². The lowest BCUT2D eigenvalue weighted by Gasteiger charge is -2.26. The molecule has 158 valence electrons. The third kappa shape index (κ3) is 3.23. The van der Waals surface area contributed by atoms with Gasteiger partial charge in [-0.05, 0) is 37.3 Å². The van der Waals surface area contributed by atoms with E-state index in [9.17, 15) is 22.8 Å². The molecular weight excluding hydrogens is 429 g/mol. The molecule has 2 aliphatic rings. The lowest BCUT2D eigenvalue weighted by Crippen LogP contribution is -2.43. The molecule has 5 rings (SSSR count). The summed E-state index contributed by atoms with van der Waals surface area (Å²) < 4.78 is 40.8. The lowest BCUT2D eigenvalue weighted by atomic mass is 10.1. The zero-order valence-electron chi connectivity index (χ0n) is 16.2. The van der Waals surface area contributed by atoms with Crippen molar-refractivity contribution in [1.82, 2.24) is 4.57 Å². The molecule has 2 aromatic carbocycles. The van der Waals surface area contributed by atoms with Crippen LogP contribution < -0.4 is 25.1 Å². The second-order valence-corrected chi connectivity index (χ2v) is 8.33. The molecule has 1 N–H and O–H groups in total. The Labute approximate surface area is 177 Å². The number of alkyl halides is 3. The minimum absolute atomic E-state index is 0.0467. The summed E-state index contributed by atoms with van der Waals surface area (Å²) in [6.45, 7) is 2.05. The number of amides is 1. The highest BCUT2D eigenvalue weighted by atomic mass is 32.1. The second-order valence-electron chi connectivity index (χ2n) is 7.35. The molecule has 0 aliphatic carbocycles. The molecule has 10 heteroatoms. The summed E-state index contributed by atoms with van der Waals surface area (Å²) >= 11 is 1.12. The molecule has 6 nitrogen and oxygen atoms in total. The third-order valence-electron chi connectivity index (χ3n) is 5.24. The van der Waals surface area contributed by atoms with Gasteiger partial charge in [-0.3, -0.25) is 14.2 Å². The van der Waals surface area contributed by atoms with Crippen molar-refractivity contribution < 1.29 is 18.0 Å². The number of hydrogen-bond acceptors (Lipinski definition) is 5. The van der Waals surface area contributed by atoms with Crippen molar-refractivity contribution in [1.29, 1.82) is 0 Å². The molecule has 31 heavy (non-hydrogen) atoms. The molecule has 1 amide bonds. The highest BCUT2D eigenvalue weighted by Gasteiger charge is 2.31. The van der Waals surface area contributed by atoms with Gasteiger partial charge in [0.15, 0.2) is 4.80 Å². The number of benzene rings is 2. The minimum Gasteiger partial charge on any atom is -0.334 e.